The summed E-state index contributed by atoms with van der Waals surface area (Å²) in [5, 5.41) is 0. The molecule has 0 radical (unpaired) electrons. The molecule has 72 valence electrons. The molecule has 1 aliphatic rings. The Morgan fingerprint density at radius 2 is 1.92 bits per heavy atom. The van der Waals surface area contributed by atoms with Crippen molar-refractivity contribution < 1.29 is 9.47 Å². The first kappa shape index (κ1) is 10.0. The first-order valence-corrected chi connectivity index (χ1v) is 4.94. The van der Waals surface area contributed by atoms with Crippen LogP contribution in [0.2, 0.25) is 0 Å². The van der Waals surface area contributed by atoms with Gasteiger partial charge in [0.25, 0.3) is 0 Å². The van der Waals surface area contributed by atoms with E-state index in [0.29, 0.717) is 12.0 Å². The summed E-state index contributed by atoms with van der Waals surface area (Å²) < 4.78 is 11.4. The monoisotopic (exact) mass is 172 g/mol. The Bertz CT molecular complexity index is 134. The van der Waals surface area contributed by atoms with Crippen LogP contribution >= 0.6 is 0 Å². The smallest absolute Gasteiger partial charge is 0.158 e. The van der Waals surface area contributed by atoms with Gasteiger partial charge in [0, 0.05) is 6.42 Å². The second-order valence-corrected chi connectivity index (χ2v) is 3.98. The summed E-state index contributed by atoms with van der Waals surface area (Å²) in [4.78, 5) is 0. The molecule has 0 N–H and O–H groups in total. The Morgan fingerprint density at radius 3 is 2.33 bits per heavy atom. The minimum Gasteiger partial charge on any atom is -0.347 e. The minimum absolute atomic E-state index is 0.0462. The molecule has 0 amide bonds. The normalized spacial score (nSPS) is 36.2. The molecule has 1 fully saturated rings. The topological polar surface area (TPSA) is 18.5 Å². The van der Waals surface area contributed by atoms with Crippen molar-refractivity contribution in [3.05, 3.63) is 0 Å². The highest BCUT2D eigenvalue weighted by Gasteiger charge is 2.31. The van der Waals surface area contributed by atoms with Crippen LogP contribution in [0.4, 0.5) is 0 Å². The summed E-state index contributed by atoms with van der Waals surface area (Å²) in [6.45, 7) is 8.62. The van der Waals surface area contributed by atoms with Gasteiger partial charge in [-0.25, -0.2) is 0 Å². The highest BCUT2D eigenvalue weighted by atomic mass is 16.7. The molecule has 2 nitrogen and oxygen atoms in total. The van der Waals surface area contributed by atoms with Gasteiger partial charge in [-0.15, -0.1) is 0 Å². The number of hydrogen-bond donors (Lipinski definition) is 0. The molecule has 0 bridgehead atoms. The quantitative estimate of drug-likeness (QED) is 0.651. The van der Waals surface area contributed by atoms with Gasteiger partial charge < -0.3 is 9.47 Å². The summed E-state index contributed by atoms with van der Waals surface area (Å²) in [5.41, 5.74) is 0. The van der Waals surface area contributed by atoms with Crippen LogP contribution in [-0.2, 0) is 9.47 Å². The number of ether oxygens (including phenoxy) is 2. The Kier molecular flexibility index (Phi) is 3.53. The molecule has 0 aromatic rings. The van der Waals surface area contributed by atoms with E-state index in [-0.39, 0.29) is 12.4 Å². The van der Waals surface area contributed by atoms with Crippen LogP contribution in [-0.4, -0.2) is 18.5 Å². The van der Waals surface area contributed by atoms with Gasteiger partial charge in [0.05, 0.1) is 12.2 Å². The Hall–Kier alpha value is -0.0800. The molecular formula is C10H20O2. The zero-order valence-corrected chi connectivity index (χ0v) is 8.54. The molecule has 3 atom stereocenters. The maximum Gasteiger partial charge on any atom is 0.158 e. The standard InChI is InChI=1S/C10H20O2/c1-5-9-8(4)11-10(12-9)6-7(2)3/h7-10H,5-6H2,1-4H3/t8-,9-,10-/m0/s1. The fourth-order valence-corrected chi connectivity index (χ4v) is 1.59. The lowest BCUT2D eigenvalue weighted by Crippen LogP contribution is -2.17. The predicted octanol–water partition coefficient (Wildman–Crippen LogP) is 2.57. The van der Waals surface area contributed by atoms with Crippen molar-refractivity contribution in [2.45, 2.75) is 59.0 Å². The van der Waals surface area contributed by atoms with E-state index in [1.54, 1.807) is 0 Å². The van der Waals surface area contributed by atoms with Crippen molar-refractivity contribution in [3.63, 3.8) is 0 Å². The highest BCUT2D eigenvalue weighted by Crippen LogP contribution is 2.25. The maximum atomic E-state index is 5.71. The zero-order chi connectivity index (χ0) is 9.14. The van der Waals surface area contributed by atoms with Crippen LogP contribution < -0.4 is 0 Å². The van der Waals surface area contributed by atoms with Crippen molar-refractivity contribution in [3.8, 4) is 0 Å². The van der Waals surface area contributed by atoms with Crippen LogP contribution in [0.5, 0.6) is 0 Å². The number of rotatable bonds is 3. The van der Waals surface area contributed by atoms with Crippen LogP contribution in [0.1, 0.15) is 40.5 Å². The van der Waals surface area contributed by atoms with Gasteiger partial charge in [-0.1, -0.05) is 20.8 Å². The zero-order valence-electron chi connectivity index (χ0n) is 8.54. The van der Waals surface area contributed by atoms with Gasteiger partial charge in [-0.3, -0.25) is 0 Å². The van der Waals surface area contributed by atoms with Crippen LogP contribution in [0, 0.1) is 5.92 Å². The fourth-order valence-electron chi connectivity index (χ4n) is 1.59. The summed E-state index contributed by atoms with van der Waals surface area (Å²) in [6, 6.07) is 0. The minimum atomic E-state index is 0.0462. The summed E-state index contributed by atoms with van der Waals surface area (Å²) in [7, 11) is 0. The van der Waals surface area contributed by atoms with E-state index in [1.165, 1.54) is 0 Å². The van der Waals surface area contributed by atoms with E-state index in [9.17, 15) is 0 Å². The van der Waals surface area contributed by atoms with E-state index in [2.05, 4.69) is 27.7 Å². The number of hydrogen-bond acceptors (Lipinski definition) is 2. The molecule has 0 aromatic heterocycles. The molecule has 1 heterocycles. The van der Waals surface area contributed by atoms with Gasteiger partial charge in [0.1, 0.15) is 0 Å². The van der Waals surface area contributed by atoms with Gasteiger partial charge in [0.15, 0.2) is 6.29 Å². The first-order chi connectivity index (χ1) is 5.63. The van der Waals surface area contributed by atoms with Crippen LogP contribution in [0.15, 0.2) is 0 Å². The summed E-state index contributed by atoms with van der Waals surface area (Å²) in [5.74, 6) is 0.651. The first-order valence-electron chi connectivity index (χ1n) is 4.94. The van der Waals surface area contributed by atoms with Crippen molar-refractivity contribution in [2.24, 2.45) is 5.92 Å². The van der Waals surface area contributed by atoms with E-state index >= 15 is 0 Å². The molecule has 1 rings (SSSR count). The van der Waals surface area contributed by atoms with Gasteiger partial charge in [-0.2, -0.15) is 0 Å². The Balaban J connectivity index is 2.33. The van der Waals surface area contributed by atoms with E-state index in [4.69, 9.17) is 9.47 Å². The molecule has 0 spiro atoms. The lowest BCUT2D eigenvalue weighted by molar-refractivity contribution is -0.0757. The average Bonchev–Trinajstić information content (AvgIpc) is 2.29. The molecule has 1 aliphatic heterocycles. The lowest BCUT2D eigenvalue weighted by atomic mass is 10.1. The Morgan fingerprint density at radius 1 is 1.25 bits per heavy atom. The largest absolute Gasteiger partial charge is 0.347 e. The van der Waals surface area contributed by atoms with Crippen LogP contribution in [0.3, 0.4) is 0 Å². The highest BCUT2D eigenvalue weighted by molar-refractivity contribution is 4.72. The van der Waals surface area contributed by atoms with Gasteiger partial charge in [-0.05, 0) is 19.3 Å². The third kappa shape index (κ3) is 2.46. The Labute approximate surface area is 75.2 Å². The molecule has 2 heteroatoms. The van der Waals surface area contributed by atoms with E-state index in [1.807, 2.05) is 0 Å². The molecule has 1 saturated heterocycles. The second kappa shape index (κ2) is 4.24. The third-order valence-corrected chi connectivity index (χ3v) is 2.28. The maximum absolute atomic E-state index is 5.71. The second-order valence-electron chi connectivity index (χ2n) is 3.98. The molecule has 0 unspecified atom stereocenters. The molecular weight excluding hydrogens is 152 g/mol. The summed E-state index contributed by atoms with van der Waals surface area (Å²) >= 11 is 0. The van der Waals surface area contributed by atoms with Gasteiger partial charge >= 0.3 is 0 Å². The van der Waals surface area contributed by atoms with Crippen molar-refractivity contribution in [1.82, 2.24) is 0 Å². The lowest BCUT2D eigenvalue weighted by Gasteiger charge is -2.11. The molecule has 0 aromatic carbocycles. The molecule has 12 heavy (non-hydrogen) atoms. The van der Waals surface area contributed by atoms with Crippen molar-refractivity contribution in [2.75, 3.05) is 0 Å². The molecule has 0 aliphatic carbocycles. The van der Waals surface area contributed by atoms with Gasteiger partial charge in [0.2, 0.25) is 0 Å². The van der Waals surface area contributed by atoms with Crippen LogP contribution in [0.25, 0.3) is 0 Å². The third-order valence-electron chi connectivity index (χ3n) is 2.28. The molecule has 0 saturated carbocycles. The van der Waals surface area contributed by atoms with Crippen molar-refractivity contribution >= 4 is 0 Å². The summed E-state index contributed by atoms with van der Waals surface area (Å²) in [6.07, 6.45) is 2.70. The van der Waals surface area contributed by atoms with E-state index < -0.39 is 0 Å². The SMILES string of the molecule is CC[C@@H]1O[C@@H](CC(C)C)O[C@H]1C. The average molecular weight is 172 g/mol. The van der Waals surface area contributed by atoms with E-state index in [0.717, 1.165) is 12.8 Å². The fraction of sp³-hybridized carbons (Fsp3) is 1.00. The predicted molar refractivity (Wildman–Crippen MR) is 49.0 cm³/mol. The van der Waals surface area contributed by atoms with Crippen molar-refractivity contribution in [1.29, 1.82) is 0 Å².